The zero-order valence-electron chi connectivity index (χ0n) is 22.8. The molecular weight excluding hydrogens is 490 g/mol. The molecule has 0 spiro atoms. The molecule has 2 atom stereocenters. The van der Waals surface area contributed by atoms with Crippen molar-refractivity contribution in [3.8, 4) is 17.0 Å². The van der Waals surface area contributed by atoms with Gasteiger partial charge >= 0.3 is 0 Å². The highest BCUT2D eigenvalue weighted by Gasteiger charge is 2.46. The Balaban J connectivity index is 1.06. The molecule has 3 fully saturated rings. The lowest BCUT2D eigenvalue weighted by Gasteiger charge is -2.39. The number of pyridine rings is 1. The van der Waals surface area contributed by atoms with Crippen molar-refractivity contribution in [3.63, 3.8) is 0 Å². The molecule has 2 N–H and O–H groups in total. The molecule has 9 heteroatoms. The molecule has 39 heavy (non-hydrogen) atoms. The van der Waals surface area contributed by atoms with Gasteiger partial charge in [0, 0.05) is 60.5 Å². The molecule has 2 bridgehead atoms. The van der Waals surface area contributed by atoms with Gasteiger partial charge < -0.3 is 20.3 Å². The van der Waals surface area contributed by atoms with Crippen LogP contribution in [0, 0.1) is 6.92 Å². The minimum absolute atomic E-state index is 0.214. The van der Waals surface area contributed by atoms with Crippen molar-refractivity contribution in [1.82, 2.24) is 19.9 Å². The van der Waals surface area contributed by atoms with Crippen LogP contribution < -0.4 is 20.3 Å². The van der Waals surface area contributed by atoms with Gasteiger partial charge in [0.15, 0.2) is 17.2 Å². The monoisotopic (exact) mass is 525 g/mol. The smallest absolute Gasteiger partial charge is 0.269 e. The fourth-order valence-electron chi connectivity index (χ4n) is 6.78. The molecule has 5 heterocycles. The zero-order chi connectivity index (χ0) is 26.7. The number of nitrogens with one attached hydrogen (secondary N) is 2. The fourth-order valence-corrected chi connectivity index (χ4v) is 6.78. The molecule has 3 aromatic rings. The lowest BCUT2D eigenvalue weighted by molar-refractivity contribution is -0.129. The minimum atomic E-state index is -0.959. The van der Waals surface area contributed by atoms with Crippen LogP contribution in [0.5, 0.6) is 5.75 Å². The van der Waals surface area contributed by atoms with Crippen molar-refractivity contribution >= 4 is 29.0 Å². The molecule has 202 valence electrons. The Morgan fingerprint density at radius 1 is 1.05 bits per heavy atom. The molecular formula is C30H35N7O2. The third-order valence-corrected chi connectivity index (χ3v) is 8.79. The number of likely N-dealkylation sites (tertiary alicyclic amines) is 1. The second-order valence-electron chi connectivity index (χ2n) is 11.9. The highest BCUT2D eigenvalue weighted by Crippen LogP contribution is 2.40. The van der Waals surface area contributed by atoms with E-state index in [2.05, 4.69) is 55.5 Å². The molecule has 1 aromatic carbocycles. The number of anilines is 4. The van der Waals surface area contributed by atoms with Crippen LogP contribution in [0.15, 0.2) is 42.7 Å². The summed E-state index contributed by atoms with van der Waals surface area (Å²) in [6, 6.07) is 12.4. The number of rotatable bonds is 5. The average Bonchev–Trinajstić information content (AvgIpc) is 3.67. The zero-order valence-corrected chi connectivity index (χ0v) is 22.8. The van der Waals surface area contributed by atoms with Crippen molar-refractivity contribution in [3.05, 3.63) is 48.3 Å². The first kappa shape index (κ1) is 24.3. The van der Waals surface area contributed by atoms with E-state index in [1.807, 2.05) is 12.1 Å². The molecule has 1 saturated carbocycles. The van der Waals surface area contributed by atoms with Crippen LogP contribution in [0.1, 0.15) is 51.5 Å². The number of fused-ring (bicyclic) bond motifs is 3. The van der Waals surface area contributed by atoms with E-state index in [0.29, 0.717) is 35.3 Å². The van der Waals surface area contributed by atoms with Crippen LogP contribution in [-0.4, -0.2) is 62.6 Å². The van der Waals surface area contributed by atoms with E-state index in [1.54, 1.807) is 26.2 Å². The van der Waals surface area contributed by atoms with Crippen LogP contribution in [0.25, 0.3) is 11.3 Å². The van der Waals surface area contributed by atoms with Gasteiger partial charge in [0.25, 0.3) is 5.91 Å². The first-order valence-electron chi connectivity index (χ1n) is 14.1. The second kappa shape index (κ2) is 9.19. The maximum absolute atomic E-state index is 12.2. The quantitative estimate of drug-likeness (QED) is 0.485. The number of hydrogen-bond donors (Lipinski definition) is 2. The number of carbonyl (C=O) groups is 1. The number of nitrogens with zero attached hydrogens (tertiary/aromatic N) is 5. The van der Waals surface area contributed by atoms with Gasteiger partial charge in [-0.3, -0.25) is 9.69 Å². The number of amides is 1. The molecule has 9 nitrogen and oxygen atoms in total. The summed E-state index contributed by atoms with van der Waals surface area (Å²) in [6.07, 6.45) is 10.3. The SMILES string of the molecule is Cc1cc(Nc2nccc(-c3cnc4c(c3)OC(C)(C)C(=O)N4)n2)ccc1N1C[C@@H]2C[C@H]1CN2C1CCCC1. The summed E-state index contributed by atoms with van der Waals surface area (Å²) in [6.45, 7) is 8.01. The van der Waals surface area contributed by atoms with Crippen LogP contribution in [0.2, 0.25) is 0 Å². The van der Waals surface area contributed by atoms with E-state index in [-0.39, 0.29) is 5.91 Å². The Hall–Kier alpha value is -3.72. The summed E-state index contributed by atoms with van der Waals surface area (Å²) >= 11 is 0. The highest BCUT2D eigenvalue weighted by atomic mass is 16.5. The number of carbonyl (C=O) groups excluding carboxylic acids is 1. The lowest BCUT2D eigenvalue weighted by Crippen LogP contribution is -2.50. The van der Waals surface area contributed by atoms with Gasteiger partial charge in [-0.05, 0) is 75.9 Å². The molecule has 0 unspecified atom stereocenters. The summed E-state index contributed by atoms with van der Waals surface area (Å²) in [5.74, 6) is 1.25. The van der Waals surface area contributed by atoms with Gasteiger partial charge in [0.1, 0.15) is 0 Å². The molecule has 2 aromatic heterocycles. The Morgan fingerprint density at radius 3 is 2.67 bits per heavy atom. The van der Waals surface area contributed by atoms with Crippen LogP contribution in [0.4, 0.5) is 23.1 Å². The minimum Gasteiger partial charge on any atom is -0.474 e. The first-order chi connectivity index (χ1) is 18.8. The van der Waals surface area contributed by atoms with E-state index in [1.165, 1.54) is 49.9 Å². The molecule has 4 aliphatic rings. The normalized spacial score (nSPS) is 24.0. The van der Waals surface area contributed by atoms with Crippen molar-refractivity contribution < 1.29 is 9.53 Å². The molecule has 3 aliphatic heterocycles. The summed E-state index contributed by atoms with van der Waals surface area (Å²) in [7, 11) is 0. The van der Waals surface area contributed by atoms with Crippen molar-refractivity contribution in [2.24, 2.45) is 0 Å². The number of hydrogen-bond acceptors (Lipinski definition) is 8. The van der Waals surface area contributed by atoms with E-state index >= 15 is 0 Å². The van der Waals surface area contributed by atoms with Crippen LogP contribution >= 0.6 is 0 Å². The van der Waals surface area contributed by atoms with Crippen molar-refractivity contribution in [1.29, 1.82) is 0 Å². The standard InChI is InChI=1S/C30H35N7O2/c1-18-12-20(8-9-25(18)37-17-22-14-23(37)16-36(22)21-6-4-5-7-21)33-29-31-11-10-24(34-29)19-13-26-27(32-15-19)35-28(38)30(2,3)39-26/h8-13,15,21-23H,4-7,14,16-17H2,1-3H3,(H,31,33,34)(H,32,35,38)/t22-,23-/m0/s1. The molecule has 7 rings (SSSR count). The number of aromatic nitrogens is 3. The first-order valence-corrected chi connectivity index (χ1v) is 14.1. The summed E-state index contributed by atoms with van der Waals surface area (Å²) < 4.78 is 5.90. The van der Waals surface area contributed by atoms with Gasteiger partial charge in [0.2, 0.25) is 5.95 Å². The third kappa shape index (κ3) is 4.38. The van der Waals surface area contributed by atoms with E-state index in [0.717, 1.165) is 23.8 Å². The Morgan fingerprint density at radius 2 is 1.90 bits per heavy atom. The molecule has 1 aliphatic carbocycles. The number of aryl methyl sites for hydroxylation is 1. The van der Waals surface area contributed by atoms with Gasteiger partial charge in [-0.15, -0.1) is 0 Å². The lowest BCUT2D eigenvalue weighted by atomic mass is 10.1. The van der Waals surface area contributed by atoms with Gasteiger partial charge in [0.05, 0.1) is 5.69 Å². The fraction of sp³-hybridized carbons (Fsp3) is 0.467. The van der Waals surface area contributed by atoms with E-state index in [9.17, 15) is 4.79 Å². The molecule has 2 saturated heterocycles. The van der Waals surface area contributed by atoms with Crippen molar-refractivity contribution in [2.45, 2.75) is 76.6 Å². The number of ether oxygens (including phenoxy) is 1. The van der Waals surface area contributed by atoms with Crippen LogP contribution in [0.3, 0.4) is 0 Å². The maximum Gasteiger partial charge on any atom is 0.269 e. The Labute approximate surface area is 229 Å². The third-order valence-electron chi connectivity index (χ3n) is 8.79. The van der Waals surface area contributed by atoms with E-state index < -0.39 is 5.60 Å². The highest BCUT2D eigenvalue weighted by molar-refractivity contribution is 5.99. The predicted molar refractivity (Wildman–Crippen MR) is 152 cm³/mol. The number of piperazine rings is 1. The van der Waals surface area contributed by atoms with Crippen LogP contribution in [-0.2, 0) is 4.79 Å². The van der Waals surface area contributed by atoms with Gasteiger partial charge in [-0.1, -0.05) is 12.8 Å². The largest absolute Gasteiger partial charge is 0.474 e. The van der Waals surface area contributed by atoms with Crippen molar-refractivity contribution in [2.75, 3.05) is 28.6 Å². The predicted octanol–water partition coefficient (Wildman–Crippen LogP) is 4.91. The van der Waals surface area contributed by atoms with Gasteiger partial charge in [-0.25, -0.2) is 15.0 Å². The summed E-state index contributed by atoms with van der Waals surface area (Å²) in [5, 5.41) is 6.17. The maximum atomic E-state index is 12.2. The van der Waals surface area contributed by atoms with E-state index in [4.69, 9.17) is 9.72 Å². The Bertz CT molecular complexity index is 1430. The average molecular weight is 526 g/mol. The van der Waals surface area contributed by atoms with Gasteiger partial charge in [-0.2, -0.15) is 0 Å². The summed E-state index contributed by atoms with van der Waals surface area (Å²) in [4.78, 5) is 31.1. The topological polar surface area (TPSA) is 95.5 Å². The number of benzene rings is 1. The molecule has 0 radical (unpaired) electrons. The Kier molecular flexibility index (Phi) is 5.73. The second-order valence-corrected chi connectivity index (χ2v) is 11.9. The molecule has 1 amide bonds. The summed E-state index contributed by atoms with van der Waals surface area (Å²) in [5.41, 5.74) is 4.10.